The number of fused-ring (bicyclic) bond motifs is 3. The summed E-state index contributed by atoms with van der Waals surface area (Å²) in [4.78, 5) is 7.12. The molecule has 186 valence electrons. The van der Waals surface area contributed by atoms with Gasteiger partial charge in [0.15, 0.2) is 5.82 Å². The summed E-state index contributed by atoms with van der Waals surface area (Å²) in [7, 11) is 0. The predicted molar refractivity (Wildman–Crippen MR) is 131 cm³/mol. The summed E-state index contributed by atoms with van der Waals surface area (Å²) in [5.74, 6) is -2.84. The third-order valence-electron chi connectivity index (χ3n) is 7.18. The summed E-state index contributed by atoms with van der Waals surface area (Å²) in [5.41, 5.74) is 0.744. The maximum absolute atomic E-state index is 14.8. The van der Waals surface area contributed by atoms with E-state index in [4.69, 9.17) is 9.72 Å². The van der Waals surface area contributed by atoms with E-state index in [0.717, 1.165) is 62.2 Å². The van der Waals surface area contributed by atoms with Gasteiger partial charge in [0.05, 0.1) is 54.4 Å². The summed E-state index contributed by atoms with van der Waals surface area (Å²) in [6.07, 6.45) is 4.09. The van der Waals surface area contributed by atoms with Crippen LogP contribution in [0.15, 0.2) is 36.5 Å². The van der Waals surface area contributed by atoms with Gasteiger partial charge >= 0.3 is 5.92 Å². The van der Waals surface area contributed by atoms with Gasteiger partial charge in [-0.05, 0) is 58.2 Å². The Morgan fingerprint density at radius 3 is 2.54 bits per heavy atom. The molecule has 3 atom stereocenters. The van der Waals surface area contributed by atoms with Crippen LogP contribution in [-0.2, 0) is 10.7 Å². The molecule has 35 heavy (non-hydrogen) atoms. The lowest BCUT2D eigenvalue weighted by Crippen LogP contribution is -2.45. The standard InChI is InChI=1S/C26H31F2N5O2/c1-15(17-6-5-7-18(10-17)26(27,28)25(3,4)34)30-24-22-11-21(12-29-23(22)16(2)31-32-24)33-19-8-9-20(33)14-35-13-19/h5-7,10-12,15,19-20,34H,8-9,13-14H2,1-4H3,(H,30,32)/t15-,19?,20?/m1/s1. The van der Waals surface area contributed by atoms with Crippen molar-refractivity contribution in [3.05, 3.63) is 53.3 Å². The molecular formula is C26H31F2N5O2. The molecule has 2 saturated heterocycles. The van der Waals surface area contributed by atoms with Crippen LogP contribution >= 0.6 is 0 Å². The molecule has 7 nitrogen and oxygen atoms in total. The number of nitrogens with zero attached hydrogens (tertiary/aromatic N) is 4. The molecule has 2 bridgehead atoms. The van der Waals surface area contributed by atoms with Crippen molar-refractivity contribution in [1.82, 2.24) is 15.2 Å². The summed E-state index contributed by atoms with van der Waals surface area (Å²) in [6, 6.07) is 8.57. The minimum atomic E-state index is -3.39. The zero-order valence-electron chi connectivity index (χ0n) is 20.4. The molecule has 2 aliphatic heterocycles. The number of rotatable bonds is 6. The Hall–Kier alpha value is -2.91. The van der Waals surface area contributed by atoms with Crippen LogP contribution < -0.4 is 10.2 Å². The van der Waals surface area contributed by atoms with Gasteiger partial charge in [-0.3, -0.25) is 4.98 Å². The number of aryl methyl sites for hydroxylation is 1. The fourth-order valence-electron chi connectivity index (χ4n) is 5.09. The van der Waals surface area contributed by atoms with Crippen molar-refractivity contribution in [2.45, 2.75) is 70.2 Å². The van der Waals surface area contributed by atoms with Gasteiger partial charge in [-0.2, -0.15) is 13.9 Å². The molecule has 0 saturated carbocycles. The second-order valence-electron chi connectivity index (χ2n) is 10.2. The number of morpholine rings is 1. The van der Waals surface area contributed by atoms with E-state index in [9.17, 15) is 13.9 Å². The van der Waals surface area contributed by atoms with Crippen molar-refractivity contribution in [3.8, 4) is 0 Å². The Morgan fingerprint density at radius 2 is 1.86 bits per heavy atom. The van der Waals surface area contributed by atoms with Gasteiger partial charge < -0.3 is 20.1 Å². The van der Waals surface area contributed by atoms with Crippen LogP contribution in [0.3, 0.4) is 0 Å². The highest BCUT2D eigenvalue weighted by Crippen LogP contribution is 2.40. The lowest BCUT2D eigenvalue weighted by molar-refractivity contribution is -0.168. The molecule has 2 aliphatic rings. The molecule has 5 rings (SSSR count). The van der Waals surface area contributed by atoms with E-state index < -0.39 is 11.5 Å². The third-order valence-corrected chi connectivity index (χ3v) is 7.18. The number of pyridine rings is 1. The lowest BCUT2D eigenvalue weighted by atomic mass is 9.91. The number of ether oxygens (including phenoxy) is 1. The highest BCUT2D eigenvalue weighted by molar-refractivity contribution is 5.92. The first-order valence-corrected chi connectivity index (χ1v) is 12.0. The number of halogens is 2. The highest BCUT2D eigenvalue weighted by atomic mass is 19.3. The average Bonchev–Trinajstić information content (AvgIpc) is 3.08. The Morgan fingerprint density at radius 1 is 1.14 bits per heavy atom. The topological polar surface area (TPSA) is 83.4 Å². The van der Waals surface area contributed by atoms with E-state index in [1.54, 1.807) is 12.1 Å². The van der Waals surface area contributed by atoms with Crippen molar-refractivity contribution in [2.75, 3.05) is 23.4 Å². The first-order chi connectivity index (χ1) is 16.6. The smallest absolute Gasteiger partial charge is 0.300 e. The second kappa shape index (κ2) is 8.64. The first kappa shape index (κ1) is 23.8. The third kappa shape index (κ3) is 4.21. The highest BCUT2D eigenvalue weighted by Gasteiger charge is 2.47. The van der Waals surface area contributed by atoms with E-state index in [1.807, 2.05) is 20.0 Å². The van der Waals surface area contributed by atoms with E-state index in [2.05, 4.69) is 26.5 Å². The number of nitrogens with one attached hydrogen (secondary N) is 1. The fraction of sp³-hybridized carbons (Fsp3) is 0.500. The molecule has 2 aromatic heterocycles. The zero-order chi connectivity index (χ0) is 25.0. The van der Waals surface area contributed by atoms with Gasteiger partial charge in [-0.25, -0.2) is 0 Å². The van der Waals surface area contributed by atoms with Gasteiger partial charge in [0, 0.05) is 10.9 Å². The number of aliphatic hydroxyl groups is 1. The Balaban J connectivity index is 1.48. The Kier molecular flexibility index (Phi) is 5.88. The molecule has 0 spiro atoms. The fourth-order valence-corrected chi connectivity index (χ4v) is 5.09. The van der Waals surface area contributed by atoms with Gasteiger partial charge in [0.1, 0.15) is 5.60 Å². The normalized spacial score (nSPS) is 21.4. The molecule has 2 N–H and O–H groups in total. The maximum Gasteiger partial charge on any atom is 0.300 e. The van der Waals surface area contributed by atoms with Crippen LogP contribution in [0, 0.1) is 6.92 Å². The molecule has 3 aromatic rings. The largest absolute Gasteiger partial charge is 0.384 e. The second-order valence-corrected chi connectivity index (χ2v) is 10.2. The van der Waals surface area contributed by atoms with Crippen LogP contribution in [0.5, 0.6) is 0 Å². The van der Waals surface area contributed by atoms with Crippen LogP contribution in [-0.4, -0.2) is 51.2 Å². The SMILES string of the molecule is Cc1nnc(N[C@H](C)c2cccc(C(F)(F)C(C)(C)O)c2)c2cc(N3C4CCC3COC4)cnc12. The molecule has 2 unspecified atom stereocenters. The van der Waals surface area contributed by atoms with Gasteiger partial charge in [0.2, 0.25) is 0 Å². The van der Waals surface area contributed by atoms with Crippen molar-refractivity contribution >= 4 is 22.4 Å². The predicted octanol–water partition coefficient (Wildman–Crippen LogP) is 4.74. The zero-order valence-corrected chi connectivity index (χ0v) is 20.4. The minimum Gasteiger partial charge on any atom is -0.384 e. The number of alkyl halides is 2. The van der Waals surface area contributed by atoms with E-state index in [0.29, 0.717) is 23.5 Å². The van der Waals surface area contributed by atoms with Crippen molar-refractivity contribution in [1.29, 1.82) is 0 Å². The molecule has 4 heterocycles. The van der Waals surface area contributed by atoms with Gasteiger partial charge in [0.25, 0.3) is 0 Å². The molecule has 0 radical (unpaired) electrons. The quantitative estimate of drug-likeness (QED) is 0.524. The average molecular weight is 484 g/mol. The van der Waals surface area contributed by atoms with E-state index >= 15 is 0 Å². The molecule has 1 aromatic carbocycles. The molecule has 9 heteroatoms. The van der Waals surface area contributed by atoms with Crippen LogP contribution in [0.4, 0.5) is 20.3 Å². The summed E-state index contributed by atoms with van der Waals surface area (Å²) in [6.45, 7) is 7.41. The summed E-state index contributed by atoms with van der Waals surface area (Å²) < 4.78 is 35.3. The molecule has 2 fully saturated rings. The van der Waals surface area contributed by atoms with Gasteiger partial charge in [-0.1, -0.05) is 18.2 Å². The summed E-state index contributed by atoms with van der Waals surface area (Å²) in [5, 5.41) is 22.8. The number of anilines is 2. The van der Waals surface area contributed by atoms with Crippen LogP contribution in [0.2, 0.25) is 0 Å². The Bertz CT molecular complexity index is 1230. The van der Waals surface area contributed by atoms with Crippen LogP contribution in [0.1, 0.15) is 56.5 Å². The van der Waals surface area contributed by atoms with Crippen LogP contribution in [0.25, 0.3) is 10.9 Å². The van der Waals surface area contributed by atoms with Crippen molar-refractivity contribution in [2.24, 2.45) is 0 Å². The number of hydrogen-bond donors (Lipinski definition) is 2. The maximum atomic E-state index is 14.8. The van der Waals surface area contributed by atoms with E-state index in [-0.39, 0.29) is 11.6 Å². The summed E-state index contributed by atoms with van der Waals surface area (Å²) >= 11 is 0. The number of hydrogen-bond acceptors (Lipinski definition) is 7. The van der Waals surface area contributed by atoms with Gasteiger partial charge in [-0.15, -0.1) is 5.10 Å². The van der Waals surface area contributed by atoms with E-state index in [1.165, 1.54) is 12.1 Å². The molecule has 0 amide bonds. The molecule has 0 aliphatic carbocycles. The number of aromatic nitrogens is 3. The first-order valence-electron chi connectivity index (χ1n) is 12.0. The number of benzene rings is 1. The van der Waals surface area contributed by atoms with Crippen molar-refractivity contribution in [3.63, 3.8) is 0 Å². The monoisotopic (exact) mass is 483 g/mol. The Labute approximate surface area is 203 Å². The lowest BCUT2D eigenvalue weighted by Gasteiger charge is -2.36. The minimum absolute atomic E-state index is 0.234. The molecular weight excluding hydrogens is 452 g/mol. The van der Waals surface area contributed by atoms with Crippen molar-refractivity contribution < 1.29 is 18.6 Å².